The molecular weight excluding hydrogens is 1680 g/mol. The fourth-order valence-electron chi connectivity index (χ4n) is 20.7. The lowest BCUT2D eigenvalue weighted by atomic mass is 9.93. The third-order valence-corrected chi connectivity index (χ3v) is 31.5. The highest BCUT2D eigenvalue weighted by Crippen LogP contribution is 2.55. The molecule has 29 rings (SSSR count). The number of rotatable bonds is 8. The Hall–Kier alpha value is -15.9. The summed E-state index contributed by atoms with van der Waals surface area (Å²) in [5.41, 5.74) is 31.8. The Kier molecular flexibility index (Phi) is 17.9. The van der Waals surface area contributed by atoms with Gasteiger partial charge in [-0.2, -0.15) is 0 Å². The van der Waals surface area contributed by atoms with Gasteiger partial charge in [-0.15, -0.1) is 22.7 Å². The van der Waals surface area contributed by atoms with Crippen molar-refractivity contribution in [3.8, 4) is 106 Å². The Morgan fingerprint density at radius 1 is 0.189 bits per heavy atom. The molecule has 132 heavy (non-hydrogen) atoms. The quantitative estimate of drug-likeness (QED) is 0.141. The predicted molar refractivity (Wildman–Crippen MR) is 563 cm³/mol. The molecule has 0 aliphatic carbocycles. The molecule has 9 heteroatoms. The Morgan fingerprint density at radius 2 is 0.591 bits per heavy atom. The molecular formula is C123H73N5S4. The Morgan fingerprint density at radius 3 is 1.27 bits per heavy atom. The number of anilines is 3. The number of pyridine rings is 3. The monoisotopic (exact) mass is 1750 g/mol. The lowest BCUT2D eigenvalue weighted by Crippen LogP contribution is -2.15. The lowest BCUT2D eigenvalue weighted by Gasteiger charge is -2.33. The smallest absolute Gasteiger partial charge is 0.0830 e. The van der Waals surface area contributed by atoms with Gasteiger partial charge in [0.1, 0.15) is 0 Å². The Bertz CT molecular complexity index is 9260. The van der Waals surface area contributed by atoms with Crippen molar-refractivity contribution in [3.05, 3.63) is 443 Å². The lowest BCUT2D eigenvalue weighted by molar-refractivity contribution is 1.18. The molecule has 0 saturated heterocycles. The van der Waals surface area contributed by atoms with E-state index in [4.69, 9.17) is 15.0 Å². The molecule has 6 aromatic heterocycles. The van der Waals surface area contributed by atoms with Crippen LogP contribution in [0.3, 0.4) is 0 Å². The standard InChI is InChI=1S/C43H27N3.C43H25NS2.C37H21NS2/c1-5-15-37-32(10-1)35-14-9-19-41-42(35)43(44-37)36-13-4-8-18-40(36)46(41)31-26-22-29(23-27-31)28-20-24-30(25-21-28)45-38-16-6-2-11-33(38)34-12-3-7-17-39(34)45;1-2-10-26(11-3-1)30-15-7-18-33-34-19-8-16-31(43(34)46-42(30)33)29-13-6-12-27(24-29)28-22-23-37-36(25-28)32-17-9-21-39-40(32)41(44-37)35-14-4-5-20-38(35)45-39;1-3-12-31-26(9-1)28-11-6-14-35-36(28)37(38-31)30-21-25(16-18-34(30)40-35)23-8-5-7-22(19-23)24-15-17-33-29(20-24)27-10-2-4-13-32(27)39-33/h1-27H;1-25H;1-21H. The van der Waals surface area contributed by atoms with E-state index in [0.29, 0.717) is 0 Å². The van der Waals surface area contributed by atoms with E-state index >= 15 is 0 Å². The number of benzene rings is 20. The van der Waals surface area contributed by atoms with Gasteiger partial charge in [0, 0.05) is 131 Å². The zero-order valence-electron chi connectivity index (χ0n) is 71.0. The minimum Gasteiger partial charge on any atom is -0.309 e. The van der Waals surface area contributed by atoms with Crippen molar-refractivity contribution in [2.24, 2.45) is 0 Å². The molecule has 0 saturated carbocycles. The van der Waals surface area contributed by atoms with Crippen molar-refractivity contribution in [2.45, 2.75) is 19.6 Å². The SMILES string of the molecule is c1cc(-c2ccc3c(c2)-c2nc4ccccc4c4cccc(c24)S3)cc(-c2ccc3sc4ccccc4c3c2)c1.c1ccc(-c2cccc3c2sc2c(-c4cccc(-c5ccc6nc7c8c(cccc8c6c5)Sc5ccccc5-7)c4)cccc23)cc1.c1ccc2c(c1)-c1nc3ccccc3c3cccc(c13)N2c1ccc(-c2ccc(-n3c4ccccc4c4ccccc43)cc2)cc1. The van der Waals surface area contributed by atoms with Crippen LogP contribution >= 0.6 is 46.2 Å². The maximum atomic E-state index is 5.25. The summed E-state index contributed by atoms with van der Waals surface area (Å²) in [5, 5.41) is 19.0. The van der Waals surface area contributed by atoms with Gasteiger partial charge in [-0.1, -0.05) is 333 Å². The van der Waals surface area contributed by atoms with Crippen LogP contribution in [0.15, 0.2) is 462 Å². The van der Waals surface area contributed by atoms with Gasteiger partial charge in [0.05, 0.1) is 56.0 Å². The maximum absolute atomic E-state index is 5.25. The fourth-order valence-corrected chi connectivity index (χ4v) is 25.4. The molecule has 0 N–H and O–H groups in total. The summed E-state index contributed by atoms with van der Waals surface area (Å²) in [6.07, 6.45) is 0. The van der Waals surface area contributed by atoms with E-state index < -0.39 is 0 Å². The number of hydrogen-bond donors (Lipinski definition) is 0. The summed E-state index contributed by atoms with van der Waals surface area (Å²) in [4.78, 5) is 23.1. The second-order valence-electron chi connectivity index (χ2n) is 34.2. The van der Waals surface area contributed by atoms with Crippen LogP contribution in [0.25, 0.3) is 233 Å². The van der Waals surface area contributed by atoms with E-state index in [1.165, 1.54) is 208 Å². The highest BCUT2D eigenvalue weighted by molar-refractivity contribution is 8.00. The van der Waals surface area contributed by atoms with Gasteiger partial charge in [-0.05, 0) is 216 Å². The molecule has 0 amide bonds. The highest BCUT2D eigenvalue weighted by atomic mass is 32.2. The molecule has 0 radical (unpaired) electrons. The molecule has 0 atom stereocenters. The van der Waals surface area contributed by atoms with Crippen molar-refractivity contribution < 1.29 is 0 Å². The van der Waals surface area contributed by atoms with Crippen LogP contribution < -0.4 is 4.90 Å². The first-order valence-corrected chi connectivity index (χ1v) is 48.0. The molecule has 0 fully saturated rings. The van der Waals surface area contributed by atoms with Crippen molar-refractivity contribution >= 4 is 190 Å². The molecule has 0 spiro atoms. The summed E-state index contributed by atoms with van der Waals surface area (Å²) >= 11 is 7.47. The number of fused-ring (bicyclic) bond motifs is 21. The summed E-state index contributed by atoms with van der Waals surface area (Å²) in [5.74, 6) is 0. The molecule has 614 valence electrons. The average Bonchev–Trinajstić information content (AvgIpc) is 1.15. The highest BCUT2D eigenvalue weighted by Gasteiger charge is 2.30. The first kappa shape index (κ1) is 76.2. The fraction of sp³-hybridized carbons (Fsp3) is 0. The average molecular weight is 1750 g/mol. The van der Waals surface area contributed by atoms with E-state index in [9.17, 15) is 0 Å². The van der Waals surface area contributed by atoms with E-state index in [0.717, 1.165) is 61.9 Å². The number of hydrogen-bond acceptors (Lipinski definition) is 8. The Labute approximate surface area is 777 Å². The molecule has 3 aliphatic heterocycles. The summed E-state index contributed by atoms with van der Waals surface area (Å²) < 4.78 is 7.71. The minimum atomic E-state index is 1.03. The third-order valence-electron chi connectivity index (χ3n) is 26.8. The molecule has 26 aromatic rings. The van der Waals surface area contributed by atoms with Crippen LogP contribution in [0, 0.1) is 0 Å². The first-order chi connectivity index (χ1) is 65.4. The molecule has 20 aromatic carbocycles. The van der Waals surface area contributed by atoms with Gasteiger partial charge >= 0.3 is 0 Å². The molecule has 3 aliphatic rings. The van der Waals surface area contributed by atoms with E-state index in [1.54, 1.807) is 0 Å². The van der Waals surface area contributed by atoms with Gasteiger partial charge in [0.15, 0.2) is 0 Å². The summed E-state index contributed by atoms with van der Waals surface area (Å²) in [6, 6.07) is 161. The van der Waals surface area contributed by atoms with Crippen LogP contribution in [0.1, 0.15) is 0 Å². The number of nitrogens with zero attached hydrogens (tertiary/aromatic N) is 5. The van der Waals surface area contributed by atoms with Crippen LogP contribution in [0.4, 0.5) is 17.1 Å². The second kappa shape index (κ2) is 31.0. The van der Waals surface area contributed by atoms with E-state index in [-0.39, 0.29) is 0 Å². The number of para-hydroxylation sites is 5. The molecule has 0 bridgehead atoms. The van der Waals surface area contributed by atoms with Gasteiger partial charge in [-0.25, -0.2) is 15.0 Å². The predicted octanol–water partition coefficient (Wildman–Crippen LogP) is 35.7. The van der Waals surface area contributed by atoms with Gasteiger partial charge in [-0.3, -0.25) is 0 Å². The zero-order chi connectivity index (χ0) is 86.6. The first-order valence-electron chi connectivity index (χ1n) is 44.7. The molecule has 9 heterocycles. The maximum Gasteiger partial charge on any atom is 0.0830 e. The largest absolute Gasteiger partial charge is 0.309 e. The number of thiophene rings is 2. The van der Waals surface area contributed by atoms with Crippen molar-refractivity contribution in [2.75, 3.05) is 4.90 Å². The normalized spacial score (nSPS) is 12.3. The van der Waals surface area contributed by atoms with Crippen LogP contribution in [0.2, 0.25) is 0 Å². The van der Waals surface area contributed by atoms with Gasteiger partial charge in [0.2, 0.25) is 0 Å². The van der Waals surface area contributed by atoms with E-state index in [1.807, 2.05) is 46.2 Å². The summed E-state index contributed by atoms with van der Waals surface area (Å²) in [6.45, 7) is 0. The van der Waals surface area contributed by atoms with Crippen molar-refractivity contribution in [3.63, 3.8) is 0 Å². The van der Waals surface area contributed by atoms with Crippen LogP contribution in [-0.2, 0) is 0 Å². The van der Waals surface area contributed by atoms with Crippen LogP contribution in [-0.4, -0.2) is 19.5 Å². The minimum absolute atomic E-state index is 1.03. The topological polar surface area (TPSA) is 46.8 Å². The second-order valence-corrected chi connectivity index (χ2v) is 38.5. The van der Waals surface area contributed by atoms with Gasteiger partial charge in [0.25, 0.3) is 0 Å². The Balaban J connectivity index is 0.000000102. The van der Waals surface area contributed by atoms with Crippen LogP contribution in [0.5, 0.6) is 0 Å². The van der Waals surface area contributed by atoms with Crippen molar-refractivity contribution in [1.82, 2.24) is 19.5 Å². The summed E-state index contributed by atoms with van der Waals surface area (Å²) in [7, 11) is 0. The molecule has 5 nitrogen and oxygen atoms in total. The third kappa shape index (κ3) is 12.5. The zero-order valence-corrected chi connectivity index (χ0v) is 74.3. The van der Waals surface area contributed by atoms with E-state index in [2.05, 4.69) is 452 Å². The van der Waals surface area contributed by atoms with Gasteiger partial charge < -0.3 is 9.47 Å². The number of aromatic nitrogens is 4. The van der Waals surface area contributed by atoms with Crippen molar-refractivity contribution in [1.29, 1.82) is 0 Å². The molecule has 0 unspecified atom stereocenters.